The van der Waals surface area contributed by atoms with Crippen LogP contribution in [-0.2, 0) is 0 Å². The molecule has 3 nitrogen and oxygen atoms in total. The molecule has 1 heterocycles. The first-order valence-corrected chi connectivity index (χ1v) is 7.76. The van der Waals surface area contributed by atoms with E-state index in [4.69, 9.17) is 0 Å². The smallest absolute Gasteiger partial charge is 0.251 e. The van der Waals surface area contributed by atoms with Crippen molar-refractivity contribution in [2.24, 2.45) is 0 Å². The van der Waals surface area contributed by atoms with Crippen LogP contribution in [0.25, 0.3) is 0 Å². The first-order chi connectivity index (χ1) is 9.66. The molecule has 3 heteroatoms. The van der Waals surface area contributed by atoms with Crippen LogP contribution in [0.1, 0.15) is 48.5 Å². The van der Waals surface area contributed by atoms with Crippen LogP contribution in [0, 0.1) is 6.92 Å². The second kappa shape index (κ2) is 7.44. The second-order valence-electron chi connectivity index (χ2n) is 5.86. The van der Waals surface area contributed by atoms with Gasteiger partial charge in [-0.25, -0.2) is 0 Å². The van der Waals surface area contributed by atoms with Gasteiger partial charge < -0.3 is 10.2 Å². The number of nitrogens with one attached hydrogen (secondary N) is 1. The Kier molecular flexibility index (Phi) is 5.60. The van der Waals surface area contributed by atoms with Crippen molar-refractivity contribution in [2.45, 2.75) is 45.6 Å². The molecule has 1 aromatic rings. The number of carbonyl (C=O) groups excluding carboxylic acids is 1. The molecule has 1 aromatic carbocycles. The number of nitrogens with zero attached hydrogens (tertiary/aromatic N) is 1. The summed E-state index contributed by atoms with van der Waals surface area (Å²) < 4.78 is 0. The molecule has 0 bridgehead atoms. The molecule has 110 valence electrons. The lowest BCUT2D eigenvalue weighted by molar-refractivity contribution is 0.0949. The lowest BCUT2D eigenvalue weighted by Gasteiger charge is -2.33. The van der Waals surface area contributed by atoms with Gasteiger partial charge in [-0.15, -0.1) is 0 Å². The summed E-state index contributed by atoms with van der Waals surface area (Å²) in [6, 6.07) is 8.43. The minimum absolute atomic E-state index is 0.0386. The van der Waals surface area contributed by atoms with E-state index in [-0.39, 0.29) is 5.91 Å². The molecule has 0 aliphatic carbocycles. The van der Waals surface area contributed by atoms with Crippen LogP contribution in [0.2, 0.25) is 0 Å². The maximum absolute atomic E-state index is 11.9. The second-order valence-corrected chi connectivity index (χ2v) is 5.86. The zero-order chi connectivity index (χ0) is 14.4. The molecule has 0 saturated carbocycles. The van der Waals surface area contributed by atoms with Gasteiger partial charge in [0.25, 0.3) is 5.91 Å². The van der Waals surface area contributed by atoms with E-state index in [0.717, 1.165) is 25.1 Å². The van der Waals surface area contributed by atoms with Crippen LogP contribution in [-0.4, -0.2) is 36.5 Å². The number of aryl methyl sites for hydroxylation is 1. The molecule has 1 aliphatic heterocycles. The number of amides is 1. The molecule has 1 saturated heterocycles. The van der Waals surface area contributed by atoms with Gasteiger partial charge in [0.05, 0.1) is 0 Å². The van der Waals surface area contributed by atoms with E-state index in [0.29, 0.717) is 6.04 Å². The largest absolute Gasteiger partial charge is 0.352 e. The van der Waals surface area contributed by atoms with Gasteiger partial charge in [0.1, 0.15) is 0 Å². The number of hydrogen-bond acceptors (Lipinski definition) is 2. The van der Waals surface area contributed by atoms with E-state index in [9.17, 15) is 4.79 Å². The van der Waals surface area contributed by atoms with E-state index in [2.05, 4.69) is 17.1 Å². The molecule has 1 aliphatic rings. The Labute approximate surface area is 122 Å². The number of likely N-dealkylation sites (tertiary alicyclic amines) is 1. The molecule has 1 fully saturated rings. The minimum atomic E-state index is 0.0386. The van der Waals surface area contributed by atoms with Gasteiger partial charge in [0, 0.05) is 24.7 Å². The van der Waals surface area contributed by atoms with Gasteiger partial charge in [0.15, 0.2) is 0 Å². The molecular weight excluding hydrogens is 248 g/mol. The van der Waals surface area contributed by atoms with Crippen LogP contribution < -0.4 is 5.32 Å². The third kappa shape index (κ3) is 4.34. The maximum Gasteiger partial charge on any atom is 0.251 e. The summed E-state index contributed by atoms with van der Waals surface area (Å²) in [5.74, 6) is 0.0386. The minimum Gasteiger partial charge on any atom is -0.352 e. The molecule has 2 rings (SSSR count). The van der Waals surface area contributed by atoms with Gasteiger partial charge in [-0.1, -0.05) is 24.1 Å². The molecule has 1 N–H and O–H groups in total. The van der Waals surface area contributed by atoms with E-state index in [1.165, 1.54) is 31.4 Å². The van der Waals surface area contributed by atoms with Crippen molar-refractivity contribution in [3.8, 4) is 0 Å². The zero-order valence-corrected chi connectivity index (χ0v) is 12.7. The van der Waals surface area contributed by atoms with Crippen molar-refractivity contribution >= 4 is 5.91 Å². The summed E-state index contributed by atoms with van der Waals surface area (Å²) >= 11 is 0. The van der Waals surface area contributed by atoms with Gasteiger partial charge in [-0.3, -0.25) is 4.79 Å². The normalized spacial score (nSPS) is 19.8. The lowest BCUT2D eigenvalue weighted by atomic mass is 10.0. The van der Waals surface area contributed by atoms with Crippen LogP contribution >= 0.6 is 0 Å². The number of piperidine rings is 1. The van der Waals surface area contributed by atoms with E-state index in [1.807, 2.05) is 31.2 Å². The highest BCUT2D eigenvalue weighted by Gasteiger charge is 2.17. The molecular formula is C17H26N2O. The molecule has 1 atom stereocenters. The Morgan fingerprint density at radius 2 is 2.05 bits per heavy atom. The molecule has 1 amide bonds. The molecule has 0 radical (unpaired) electrons. The van der Waals surface area contributed by atoms with E-state index < -0.39 is 0 Å². The first-order valence-electron chi connectivity index (χ1n) is 7.76. The third-order valence-electron chi connectivity index (χ3n) is 4.16. The average molecular weight is 274 g/mol. The van der Waals surface area contributed by atoms with Gasteiger partial charge in [-0.05, 0) is 51.8 Å². The van der Waals surface area contributed by atoms with Crippen molar-refractivity contribution < 1.29 is 4.79 Å². The Balaban J connectivity index is 1.67. The summed E-state index contributed by atoms with van der Waals surface area (Å²) in [5.41, 5.74) is 1.93. The average Bonchev–Trinajstić information content (AvgIpc) is 2.46. The summed E-state index contributed by atoms with van der Waals surface area (Å²) in [4.78, 5) is 14.5. The molecule has 1 unspecified atom stereocenters. The molecule has 20 heavy (non-hydrogen) atoms. The van der Waals surface area contributed by atoms with Crippen molar-refractivity contribution in [2.75, 3.05) is 19.6 Å². The predicted molar refractivity (Wildman–Crippen MR) is 83.0 cm³/mol. The summed E-state index contributed by atoms with van der Waals surface area (Å²) in [5, 5.41) is 3.01. The van der Waals surface area contributed by atoms with Crippen molar-refractivity contribution in [3.05, 3.63) is 35.4 Å². The van der Waals surface area contributed by atoms with Crippen LogP contribution in [0.5, 0.6) is 0 Å². The Bertz CT molecular complexity index is 427. The van der Waals surface area contributed by atoms with Crippen molar-refractivity contribution in [3.63, 3.8) is 0 Å². The van der Waals surface area contributed by atoms with E-state index in [1.54, 1.807) is 0 Å². The maximum atomic E-state index is 11.9. The topological polar surface area (TPSA) is 32.3 Å². The third-order valence-corrected chi connectivity index (χ3v) is 4.16. The fourth-order valence-corrected chi connectivity index (χ4v) is 2.78. The standard InChI is InChI=1S/C17H26N2O/c1-14-7-9-16(10-8-14)17(20)18-11-5-13-19-12-4-3-6-15(19)2/h7-10,15H,3-6,11-13H2,1-2H3,(H,18,20). The first kappa shape index (κ1) is 15.0. The Morgan fingerprint density at radius 1 is 1.30 bits per heavy atom. The van der Waals surface area contributed by atoms with Gasteiger partial charge in [0.2, 0.25) is 0 Å². The molecule has 0 aromatic heterocycles. The number of rotatable bonds is 5. The van der Waals surface area contributed by atoms with Crippen LogP contribution in [0.4, 0.5) is 0 Å². The van der Waals surface area contributed by atoms with Crippen molar-refractivity contribution in [1.29, 1.82) is 0 Å². The predicted octanol–water partition coefficient (Wildman–Crippen LogP) is 2.99. The number of hydrogen-bond donors (Lipinski definition) is 1. The Hall–Kier alpha value is -1.35. The van der Waals surface area contributed by atoms with Gasteiger partial charge >= 0.3 is 0 Å². The zero-order valence-electron chi connectivity index (χ0n) is 12.7. The quantitative estimate of drug-likeness (QED) is 0.837. The highest BCUT2D eigenvalue weighted by atomic mass is 16.1. The van der Waals surface area contributed by atoms with Crippen LogP contribution in [0.15, 0.2) is 24.3 Å². The highest BCUT2D eigenvalue weighted by Crippen LogP contribution is 2.16. The lowest BCUT2D eigenvalue weighted by Crippen LogP contribution is -2.39. The summed E-state index contributed by atoms with van der Waals surface area (Å²) in [7, 11) is 0. The monoisotopic (exact) mass is 274 g/mol. The molecule has 0 spiro atoms. The van der Waals surface area contributed by atoms with E-state index >= 15 is 0 Å². The van der Waals surface area contributed by atoms with Crippen LogP contribution in [0.3, 0.4) is 0 Å². The van der Waals surface area contributed by atoms with Crippen molar-refractivity contribution in [1.82, 2.24) is 10.2 Å². The fourth-order valence-electron chi connectivity index (χ4n) is 2.78. The SMILES string of the molecule is Cc1ccc(C(=O)NCCCN2CCCCC2C)cc1. The number of benzene rings is 1. The summed E-state index contributed by atoms with van der Waals surface area (Å²) in [6.07, 6.45) is 5.03. The Morgan fingerprint density at radius 3 is 2.75 bits per heavy atom. The highest BCUT2D eigenvalue weighted by molar-refractivity contribution is 5.94. The summed E-state index contributed by atoms with van der Waals surface area (Å²) in [6.45, 7) is 7.41. The van der Waals surface area contributed by atoms with Gasteiger partial charge in [-0.2, -0.15) is 0 Å². The fraction of sp³-hybridized carbons (Fsp3) is 0.588. The number of carbonyl (C=O) groups is 1.